The molecule has 1 atom stereocenters. The van der Waals surface area contributed by atoms with Crippen LogP contribution in [0.3, 0.4) is 0 Å². The van der Waals surface area contributed by atoms with Gasteiger partial charge in [0.05, 0.1) is 6.54 Å². The number of nitrogens with zero attached hydrogens (tertiary/aromatic N) is 1. The van der Waals surface area contributed by atoms with Crippen LogP contribution in [-0.2, 0) is 13.6 Å². The highest BCUT2D eigenvalue weighted by Crippen LogP contribution is 2.11. The zero-order chi connectivity index (χ0) is 14.4. The molecular formula is C15H19N3O2. The molecule has 5 nitrogen and oxygen atoms in total. The molecule has 0 spiro atoms. The first-order valence-electron chi connectivity index (χ1n) is 6.51. The van der Waals surface area contributed by atoms with Gasteiger partial charge in [0.15, 0.2) is 0 Å². The average molecular weight is 273 g/mol. The molecule has 1 aromatic carbocycles. The summed E-state index contributed by atoms with van der Waals surface area (Å²) in [6, 6.07) is 13.1. The molecule has 0 radical (unpaired) electrons. The molecule has 1 aromatic heterocycles. The lowest BCUT2D eigenvalue weighted by atomic mass is 10.2. The number of amides is 2. The molecule has 20 heavy (non-hydrogen) atoms. The van der Waals surface area contributed by atoms with E-state index in [1.54, 1.807) is 0 Å². The number of aryl methyl sites for hydroxylation is 1. The van der Waals surface area contributed by atoms with E-state index in [1.165, 1.54) is 0 Å². The Labute approximate surface area is 118 Å². The largest absolute Gasteiger partial charge is 0.385 e. The van der Waals surface area contributed by atoms with Crippen molar-refractivity contribution < 1.29 is 9.90 Å². The van der Waals surface area contributed by atoms with Crippen LogP contribution in [0.25, 0.3) is 0 Å². The maximum absolute atomic E-state index is 11.6. The maximum Gasteiger partial charge on any atom is 0.315 e. The first kappa shape index (κ1) is 14.1. The van der Waals surface area contributed by atoms with E-state index in [2.05, 4.69) is 10.6 Å². The number of benzene rings is 1. The summed E-state index contributed by atoms with van der Waals surface area (Å²) in [5.74, 6) is 0. The number of rotatable bonds is 5. The zero-order valence-corrected chi connectivity index (χ0v) is 11.4. The first-order chi connectivity index (χ1) is 9.66. The Morgan fingerprint density at radius 1 is 1.20 bits per heavy atom. The number of aromatic nitrogens is 1. The van der Waals surface area contributed by atoms with Crippen molar-refractivity contribution in [2.45, 2.75) is 12.6 Å². The molecule has 2 rings (SSSR count). The highest BCUT2D eigenvalue weighted by atomic mass is 16.3. The molecule has 0 aliphatic heterocycles. The van der Waals surface area contributed by atoms with Gasteiger partial charge >= 0.3 is 6.03 Å². The quantitative estimate of drug-likeness (QED) is 0.774. The van der Waals surface area contributed by atoms with E-state index >= 15 is 0 Å². The molecule has 0 fully saturated rings. The Kier molecular flexibility index (Phi) is 4.79. The van der Waals surface area contributed by atoms with Crippen LogP contribution < -0.4 is 10.6 Å². The monoisotopic (exact) mass is 273 g/mol. The lowest BCUT2D eigenvalue weighted by Crippen LogP contribution is -2.37. The summed E-state index contributed by atoms with van der Waals surface area (Å²) in [6.45, 7) is 0.644. The topological polar surface area (TPSA) is 66.3 Å². The van der Waals surface area contributed by atoms with E-state index in [0.29, 0.717) is 6.54 Å². The van der Waals surface area contributed by atoms with Crippen molar-refractivity contribution in [3.05, 3.63) is 59.9 Å². The zero-order valence-electron chi connectivity index (χ0n) is 11.4. The SMILES string of the molecule is Cn1cccc1C(O)CNC(=O)NCc1ccccc1. The summed E-state index contributed by atoms with van der Waals surface area (Å²) < 4.78 is 1.83. The van der Waals surface area contributed by atoms with Gasteiger partial charge in [-0.3, -0.25) is 0 Å². The van der Waals surface area contributed by atoms with Gasteiger partial charge in [-0.15, -0.1) is 0 Å². The Balaban J connectivity index is 1.74. The molecule has 2 aromatic rings. The number of hydrogen-bond acceptors (Lipinski definition) is 2. The Morgan fingerprint density at radius 3 is 2.60 bits per heavy atom. The Bertz CT molecular complexity index is 551. The molecule has 2 amide bonds. The van der Waals surface area contributed by atoms with E-state index < -0.39 is 6.10 Å². The van der Waals surface area contributed by atoms with Gasteiger partial charge in [-0.05, 0) is 17.7 Å². The summed E-state index contributed by atoms with van der Waals surface area (Å²) >= 11 is 0. The first-order valence-corrected chi connectivity index (χ1v) is 6.51. The van der Waals surface area contributed by atoms with E-state index in [4.69, 9.17) is 0 Å². The number of hydrogen-bond donors (Lipinski definition) is 3. The molecule has 5 heteroatoms. The summed E-state index contributed by atoms with van der Waals surface area (Å²) in [5.41, 5.74) is 1.80. The second kappa shape index (κ2) is 6.77. The second-order valence-electron chi connectivity index (χ2n) is 4.61. The normalized spacial score (nSPS) is 11.9. The summed E-state index contributed by atoms with van der Waals surface area (Å²) in [5, 5.41) is 15.4. The van der Waals surface area contributed by atoms with Crippen molar-refractivity contribution in [3.8, 4) is 0 Å². The average Bonchev–Trinajstić information content (AvgIpc) is 2.90. The van der Waals surface area contributed by atoms with Gasteiger partial charge in [0.25, 0.3) is 0 Å². The number of nitrogens with one attached hydrogen (secondary N) is 2. The minimum atomic E-state index is -0.711. The summed E-state index contributed by atoms with van der Waals surface area (Å²) in [7, 11) is 1.86. The minimum absolute atomic E-state index is 0.179. The third-order valence-electron chi connectivity index (χ3n) is 3.08. The van der Waals surface area contributed by atoms with Gasteiger partial charge in [-0.25, -0.2) is 4.79 Å². The van der Waals surface area contributed by atoms with E-state index in [1.807, 2.05) is 60.3 Å². The van der Waals surface area contributed by atoms with Crippen LogP contribution in [0.2, 0.25) is 0 Å². The predicted molar refractivity (Wildman–Crippen MR) is 77.1 cm³/mol. The van der Waals surface area contributed by atoms with Crippen LogP contribution in [0.1, 0.15) is 17.4 Å². The van der Waals surface area contributed by atoms with Crippen molar-refractivity contribution in [3.63, 3.8) is 0 Å². The fraction of sp³-hybridized carbons (Fsp3) is 0.267. The molecule has 106 valence electrons. The molecule has 1 unspecified atom stereocenters. The van der Waals surface area contributed by atoms with Crippen LogP contribution in [0.15, 0.2) is 48.7 Å². The molecule has 0 aliphatic carbocycles. The van der Waals surface area contributed by atoms with Crippen LogP contribution >= 0.6 is 0 Å². The summed E-state index contributed by atoms with van der Waals surface area (Å²) in [6.07, 6.45) is 1.14. The number of carbonyl (C=O) groups is 1. The lowest BCUT2D eigenvalue weighted by Gasteiger charge is -2.13. The van der Waals surface area contributed by atoms with Gasteiger partial charge < -0.3 is 20.3 Å². The Hall–Kier alpha value is -2.27. The van der Waals surface area contributed by atoms with Crippen molar-refractivity contribution >= 4 is 6.03 Å². The predicted octanol–water partition coefficient (Wildman–Crippen LogP) is 1.56. The molecule has 0 saturated carbocycles. The molecule has 1 heterocycles. The van der Waals surface area contributed by atoms with Gasteiger partial charge in [0.1, 0.15) is 6.10 Å². The van der Waals surface area contributed by atoms with Crippen molar-refractivity contribution in [2.24, 2.45) is 7.05 Å². The fourth-order valence-corrected chi connectivity index (χ4v) is 1.96. The van der Waals surface area contributed by atoms with Gasteiger partial charge in [0, 0.05) is 25.5 Å². The minimum Gasteiger partial charge on any atom is -0.385 e. The molecule has 0 bridgehead atoms. The third-order valence-corrected chi connectivity index (χ3v) is 3.08. The van der Waals surface area contributed by atoms with Crippen molar-refractivity contribution in [1.29, 1.82) is 0 Å². The van der Waals surface area contributed by atoms with Crippen LogP contribution in [0.5, 0.6) is 0 Å². The third kappa shape index (κ3) is 3.86. The number of aliphatic hydroxyl groups excluding tert-OH is 1. The second-order valence-corrected chi connectivity index (χ2v) is 4.61. The molecule has 0 saturated heterocycles. The number of aliphatic hydroxyl groups is 1. The van der Waals surface area contributed by atoms with Gasteiger partial charge in [0.2, 0.25) is 0 Å². The van der Waals surface area contributed by atoms with Crippen molar-refractivity contribution in [2.75, 3.05) is 6.54 Å². The number of carbonyl (C=O) groups excluding carboxylic acids is 1. The standard InChI is InChI=1S/C15H19N3O2/c1-18-9-5-8-13(18)14(19)11-17-15(20)16-10-12-6-3-2-4-7-12/h2-9,14,19H,10-11H2,1H3,(H2,16,17,20). The Morgan fingerprint density at radius 2 is 1.95 bits per heavy atom. The van der Waals surface area contributed by atoms with Gasteiger partial charge in [-0.2, -0.15) is 0 Å². The van der Waals surface area contributed by atoms with Crippen LogP contribution in [0.4, 0.5) is 4.79 Å². The number of urea groups is 1. The smallest absolute Gasteiger partial charge is 0.315 e. The summed E-state index contributed by atoms with van der Waals surface area (Å²) in [4.78, 5) is 11.6. The van der Waals surface area contributed by atoms with Crippen LogP contribution in [0, 0.1) is 0 Å². The highest BCUT2D eigenvalue weighted by Gasteiger charge is 2.11. The van der Waals surface area contributed by atoms with Crippen LogP contribution in [-0.4, -0.2) is 22.2 Å². The maximum atomic E-state index is 11.6. The van der Waals surface area contributed by atoms with E-state index in [9.17, 15) is 9.90 Å². The van der Waals surface area contributed by atoms with E-state index in [0.717, 1.165) is 11.3 Å². The van der Waals surface area contributed by atoms with Crippen molar-refractivity contribution in [1.82, 2.24) is 15.2 Å². The van der Waals surface area contributed by atoms with Gasteiger partial charge in [-0.1, -0.05) is 30.3 Å². The lowest BCUT2D eigenvalue weighted by molar-refractivity contribution is 0.166. The fourth-order valence-electron chi connectivity index (χ4n) is 1.96. The highest BCUT2D eigenvalue weighted by molar-refractivity contribution is 5.73. The molecule has 3 N–H and O–H groups in total. The molecule has 0 aliphatic rings. The molecular weight excluding hydrogens is 254 g/mol. The van der Waals surface area contributed by atoms with E-state index in [-0.39, 0.29) is 12.6 Å².